The Morgan fingerprint density at radius 1 is 1.20 bits per heavy atom. The number of para-hydroxylation sites is 1. The smallest absolute Gasteiger partial charge is 0.0645 e. The predicted molar refractivity (Wildman–Crippen MR) is 82.3 cm³/mol. The first-order valence-electron chi connectivity index (χ1n) is 7.27. The molecule has 20 heavy (non-hydrogen) atoms. The van der Waals surface area contributed by atoms with Crippen LogP contribution in [0.2, 0.25) is 0 Å². The molecule has 4 nitrogen and oxygen atoms in total. The Bertz CT molecular complexity index is 504. The van der Waals surface area contributed by atoms with E-state index in [9.17, 15) is 0 Å². The molecule has 0 spiro atoms. The van der Waals surface area contributed by atoms with Crippen molar-refractivity contribution in [3.8, 4) is 5.69 Å². The molecule has 0 amide bonds. The van der Waals surface area contributed by atoms with Crippen molar-refractivity contribution in [3.05, 3.63) is 48.3 Å². The maximum atomic E-state index is 5.68. The molecule has 1 unspecified atom stereocenters. The van der Waals surface area contributed by atoms with E-state index in [0.717, 1.165) is 23.6 Å². The second-order valence-corrected chi connectivity index (χ2v) is 5.60. The van der Waals surface area contributed by atoms with E-state index >= 15 is 0 Å². The molecule has 0 aliphatic rings. The van der Waals surface area contributed by atoms with Crippen molar-refractivity contribution in [2.75, 3.05) is 0 Å². The molecule has 1 heterocycles. The topological polar surface area (TPSA) is 55.9 Å². The van der Waals surface area contributed by atoms with Gasteiger partial charge in [0.15, 0.2) is 0 Å². The van der Waals surface area contributed by atoms with Crippen LogP contribution in [0.3, 0.4) is 0 Å². The van der Waals surface area contributed by atoms with Crippen molar-refractivity contribution < 1.29 is 0 Å². The zero-order valence-electron chi connectivity index (χ0n) is 12.3. The lowest BCUT2D eigenvalue weighted by Crippen LogP contribution is -2.27. The van der Waals surface area contributed by atoms with E-state index in [4.69, 9.17) is 5.84 Å². The molecule has 2 aromatic rings. The van der Waals surface area contributed by atoms with Crippen LogP contribution in [0.5, 0.6) is 0 Å². The number of benzene rings is 1. The molecule has 0 radical (unpaired) electrons. The highest BCUT2D eigenvalue weighted by molar-refractivity contribution is 5.31. The summed E-state index contributed by atoms with van der Waals surface area (Å²) in [7, 11) is 0. The minimum atomic E-state index is 0.172. The van der Waals surface area contributed by atoms with Crippen LogP contribution in [-0.4, -0.2) is 9.78 Å². The van der Waals surface area contributed by atoms with E-state index in [-0.39, 0.29) is 6.04 Å². The molecule has 0 fully saturated rings. The fourth-order valence-electron chi connectivity index (χ4n) is 2.32. The second kappa shape index (κ2) is 7.22. The number of nitrogens with two attached hydrogens (primary N) is 1. The second-order valence-electron chi connectivity index (χ2n) is 5.60. The molecule has 1 aromatic heterocycles. The summed E-state index contributed by atoms with van der Waals surface area (Å²) in [5.74, 6) is 6.42. The van der Waals surface area contributed by atoms with Gasteiger partial charge in [0.25, 0.3) is 0 Å². The van der Waals surface area contributed by atoms with Crippen LogP contribution in [0.25, 0.3) is 5.69 Å². The predicted octanol–water partition coefficient (Wildman–Crippen LogP) is 3.20. The largest absolute Gasteiger partial charge is 0.271 e. The number of nitrogens with one attached hydrogen (secondary N) is 1. The molecule has 0 saturated carbocycles. The van der Waals surface area contributed by atoms with Crippen LogP contribution in [0.4, 0.5) is 0 Å². The van der Waals surface area contributed by atoms with Gasteiger partial charge in [0, 0.05) is 17.8 Å². The average molecular weight is 272 g/mol. The van der Waals surface area contributed by atoms with Crippen molar-refractivity contribution in [1.82, 2.24) is 15.2 Å². The van der Waals surface area contributed by atoms with Gasteiger partial charge in [0.2, 0.25) is 0 Å². The summed E-state index contributed by atoms with van der Waals surface area (Å²) < 4.78 is 1.89. The normalized spacial score (nSPS) is 12.8. The number of hydrogen-bond acceptors (Lipinski definition) is 3. The number of aromatic nitrogens is 2. The summed E-state index contributed by atoms with van der Waals surface area (Å²) in [6, 6.07) is 10.3. The molecule has 0 aliphatic carbocycles. The van der Waals surface area contributed by atoms with Crippen LogP contribution >= 0.6 is 0 Å². The highest BCUT2D eigenvalue weighted by atomic mass is 15.3. The van der Waals surface area contributed by atoms with Gasteiger partial charge in [-0.15, -0.1) is 0 Å². The van der Waals surface area contributed by atoms with Crippen molar-refractivity contribution in [1.29, 1.82) is 0 Å². The van der Waals surface area contributed by atoms with E-state index in [2.05, 4.69) is 30.6 Å². The van der Waals surface area contributed by atoms with Gasteiger partial charge in [-0.05, 0) is 24.5 Å². The Labute approximate surface area is 121 Å². The van der Waals surface area contributed by atoms with Gasteiger partial charge in [-0.2, -0.15) is 5.10 Å². The molecule has 0 aliphatic heterocycles. The fraction of sp³-hybridized carbons (Fsp3) is 0.438. The maximum absolute atomic E-state index is 5.68. The quantitative estimate of drug-likeness (QED) is 0.601. The minimum absolute atomic E-state index is 0.172. The molecule has 0 bridgehead atoms. The van der Waals surface area contributed by atoms with Gasteiger partial charge in [-0.1, -0.05) is 44.9 Å². The summed E-state index contributed by atoms with van der Waals surface area (Å²) in [5.41, 5.74) is 5.11. The number of hydrazine groups is 1. The van der Waals surface area contributed by atoms with Crippen LogP contribution in [0.1, 0.15) is 44.7 Å². The highest BCUT2D eigenvalue weighted by Crippen LogP contribution is 2.20. The van der Waals surface area contributed by atoms with Crippen LogP contribution in [-0.2, 0) is 0 Å². The van der Waals surface area contributed by atoms with Crippen LogP contribution < -0.4 is 11.3 Å². The van der Waals surface area contributed by atoms with E-state index in [0.29, 0.717) is 0 Å². The number of hydrogen-bond donors (Lipinski definition) is 2. The Hall–Kier alpha value is -1.65. The third-order valence-corrected chi connectivity index (χ3v) is 3.50. The first-order chi connectivity index (χ1) is 9.70. The first-order valence-corrected chi connectivity index (χ1v) is 7.27. The maximum Gasteiger partial charge on any atom is 0.0645 e. The summed E-state index contributed by atoms with van der Waals surface area (Å²) >= 11 is 0. The van der Waals surface area contributed by atoms with Crippen LogP contribution in [0, 0.1) is 5.92 Å². The van der Waals surface area contributed by atoms with Gasteiger partial charge < -0.3 is 0 Å². The van der Waals surface area contributed by atoms with E-state index < -0.39 is 0 Å². The molecule has 2 rings (SSSR count). The standard InChI is InChI=1S/C16H24N4/c1-13(2)7-6-10-16(19-17)14-11-18-20(12-14)15-8-4-3-5-9-15/h3-5,8-9,11-13,16,19H,6-7,10,17H2,1-2H3. The zero-order chi connectivity index (χ0) is 14.4. The minimum Gasteiger partial charge on any atom is -0.271 e. The molecule has 1 aromatic carbocycles. The molecule has 3 N–H and O–H groups in total. The van der Waals surface area contributed by atoms with Gasteiger partial charge >= 0.3 is 0 Å². The average Bonchev–Trinajstić information content (AvgIpc) is 2.94. The van der Waals surface area contributed by atoms with Crippen molar-refractivity contribution in [2.24, 2.45) is 11.8 Å². The van der Waals surface area contributed by atoms with E-state index in [1.165, 1.54) is 12.8 Å². The van der Waals surface area contributed by atoms with Gasteiger partial charge in [-0.3, -0.25) is 11.3 Å². The summed E-state index contributed by atoms with van der Waals surface area (Å²) in [5, 5.41) is 4.42. The van der Waals surface area contributed by atoms with Gasteiger partial charge in [0.05, 0.1) is 11.9 Å². The number of rotatable bonds is 7. The Kier molecular flexibility index (Phi) is 5.32. The van der Waals surface area contributed by atoms with Crippen molar-refractivity contribution in [3.63, 3.8) is 0 Å². The molecule has 4 heteroatoms. The van der Waals surface area contributed by atoms with Gasteiger partial charge in [-0.25, -0.2) is 4.68 Å². The molecule has 1 atom stereocenters. The Balaban J connectivity index is 2.02. The SMILES string of the molecule is CC(C)CCCC(NN)c1cnn(-c2ccccc2)c1. The first kappa shape index (κ1) is 14.8. The molecular weight excluding hydrogens is 248 g/mol. The van der Waals surface area contributed by atoms with E-state index in [1.54, 1.807) is 0 Å². The Morgan fingerprint density at radius 2 is 1.95 bits per heavy atom. The Morgan fingerprint density at radius 3 is 2.60 bits per heavy atom. The summed E-state index contributed by atoms with van der Waals surface area (Å²) in [4.78, 5) is 0. The molecule has 0 saturated heterocycles. The van der Waals surface area contributed by atoms with Crippen molar-refractivity contribution in [2.45, 2.75) is 39.2 Å². The monoisotopic (exact) mass is 272 g/mol. The summed E-state index contributed by atoms with van der Waals surface area (Å²) in [6.07, 6.45) is 7.38. The lowest BCUT2D eigenvalue weighted by atomic mass is 10.0. The zero-order valence-corrected chi connectivity index (χ0v) is 12.3. The highest BCUT2D eigenvalue weighted by Gasteiger charge is 2.12. The molecular formula is C16H24N4. The van der Waals surface area contributed by atoms with Crippen LogP contribution in [0.15, 0.2) is 42.7 Å². The lowest BCUT2D eigenvalue weighted by Gasteiger charge is -2.14. The lowest BCUT2D eigenvalue weighted by molar-refractivity contribution is 0.455. The number of nitrogens with zero attached hydrogens (tertiary/aromatic N) is 2. The summed E-state index contributed by atoms with van der Waals surface area (Å²) in [6.45, 7) is 4.50. The van der Waals surface area contributed by atoms with Gasteiger partial charge in [0.1, 0.15) is 0 Å². The fourth-order valence-corrected chi connectivity index (χ4v) is 2.32. The third-order valence-electron chi connectivity index (χ3n) is 3.50. The third kappa shape index (κ3) is 3.92. The van der Waals surface area contributed by atoms with E-state index in [1.807, 2.05) is 41.2 Å². The van der Waals surface area contributed by atoms with Crippen molar-refractivity contribution >= 4 is 0 Å². The molecule has 108 valence electrons.